The van der Waals surface area contributed by atoms with Gasteiger partial charge in [0, 0.05) is 25.3 Å². The van der Waals surface area contributed by atoms with E-state index in [9.17, 15) is 4.79 Å². The van der Waals surface area contributed by atoms with Gasteiger partial charge >= 0.3 is 0 Å². The van der Waals surface area contributed by atoms with Gasteiger partial charge in [-0.25, -0.2) is 4.99 Å². The van der Waals surface area contributed by atoms with Crippen LogP contribution in [0.25, 0.3) is 11.1 Å². The minimum Gasteiger partial charge on any atom is -0.369 e. The Labute approximate surface area is 157 Å². The lowest BCUT2D eigenvalue weighted by molar-refractivity contribution is -0.128. The van der Waals surface area contributed by atoms with E-state index in [1.54, 1.807) is 7.05 Å². The summed E-state index contributed by atoms with van der Waals surface area (Å²) in [6.07, 6.45) is 2.29. The number of nitrogens with two attached hydrogens (primary N) is 1. The Kier molecular flexibility index (Phi) is 4.87. The molecular weight excluding hydrogens is 350 g/mol. The first kappa shape index (κ1) is 18.2. The van der Waals surface area contributed by atoms with Crippen molar-refractivity contribution in [2.24, 2.45) is 22.8 Å². The van der Waals surface area contributed by atoms with E-state index in [1.807, 2.05) is 61.1 Å². The highest BCUT2D eigenvalue weighted by molar-refractivity contribution is 6.30. The van der Waals surface area contributed by atoms with Crippen LogP contribution in [0.2, 0.25) is 5.02 Å². The number of aromatic nitrogens is 1. The Morgan fingerprint density at radius 1 is 1.27 bits per heavy atom. The topological polar surface area (TPSA) is 76.0 Å². The van der Waals surface area contributed by atoms with Crippen molar-refractivity contribution in [3.63, 3.8) is 0 Å². The second-order valence-corrected chi connectivity index (χ2v) is 7.25. The molecule has 0 spiro atoms. The van der Waals surface area contributed by atoms with Gasteiger partial charge in [-0.3, -0.25) is 14.7 Å². The molecule has 1 aliphatic rings. The largest absolute Gasteiger partial charge is 0.369 e. The van der Waals surface area contributed by atoms with Crippen LogP contribution in [0.3, 0.4) is 0 Å². The Morgan fingerprint density at radius 3 is 2.69 bits per heavy atom. The monoisotopic (exact) mass is 371 g/mol. The zero-order chi connectivity index (χ0) is 18.9. The summed E-state index contributed by atoms with van der Waals surface area (Å²) in [6.45, 7) is 2.28. The summed E-state index contributed by atoms with van der Waals surface area (Å²) in [5.41, 5.74) is 8.12. The highest BCUT2D eigenvalue weighted by atomic mass is 35.5. The molecular formula is C19H22ClN5O. The van der Waals surface area contributed by atoms with Crippen molar-refractivity contribution in [2.75, 3.05) is 13.6 Å². The number of aliphatic imine (C=N–C) groups is 1. The highest BCUT2D eigenvalue weighted by Gasteiger charge is 2.34. The number of guanidine groups is 1. The molecule has 1 aliphatic heterocycles. The van der Waals surface area contributed by atoms with E-state index in [4.69, 9.17) is 17.3 Å². The first-order chi connectivity index (χ1) is 12.3. The Balaban J connectivity index is 1.87. The third-order valence-electron chi connectivity index (χ3n) is 4.48. The minimum atomic E-state index is -0.619. The van der Waals surface area contributed by atoms with E-state index in [-0.39, 0.29) is 18.3 Å². The lowest BCUT2D eigenvalue weighted by Crippen LogP contribution is -2.49. The Morgan fingerprint density at radius 2 is 2.04 bits per heavy atom. The maximum Gasteiger partial charge on any atom is 0.231 e. The summed E-state index contributed by atoms with van der Waals surface area (Å²) < 4.78 is 1.95. The summed E-state index contributed by atoms with van der Waals surface area (Å²) in [6, 6.07) is 11.7. The van der Waals surface area contributed by atoms with E-state index in [0.29, 0.717) is 11.6 Å². The molecule has 6 nitrogen and oxygen atoms in total. The van der Waals surface area contributed by atoms with Gasteiger partial charge in [0.25, 0.3) is 0 Å². The first-order valence-corrected chi connectivity index (χ1v) is 8.70. The van der Waals surface area contributed by atoms with Crippen molar-refractivity contribution < 1.29 is 4.79 Å². The van der Waals surface area contributed by atoms with Gasteiger partial charge in [0.1, 0.15) is 5.49 Å². The zero-order valence-electron chi connectivity index (χ0n) is 15.1. The molecule has 0 bridgehead atoms. The molecule has 2 aromatic rings. The van der Waals surface area contributed by atoms with Crippen molar-refractivity contribution >= 4 is 23.5 Å². The molecule has 0 fully saturated rings. The van der Waals surface area contributed by atoms with Crippen LogP contribution in [0.15, 0.2) is 52.6 Å². The molecule has 136 valence electrons. The second kappa shape index (κ2) is 6.96. The summed E-state index contributed by atoms with van der Waals surface area (Å²) in [4.78, 5) is 22.5. The predicted octanol–water partition coefficient (Wildman–Crippen LogP) is 2.18. The molecule has 1 amide bonds. The number of carbonyl (C=O) groups excluding carboxylic acids is 1. The van der Waals surface area contributed by atoms with Crippen molar-refractivity contribution in [3.05, 3.63) is 53.1 Å². The number of carbonyl (C=O) groups is 1. The second-order valence-electron chi connectivity index (χ2n) is 6.81. The lowest BCUT2D eigenvalue weighted by Gasteiger charge is -2.32. The SMILES string of the molecule is CN1C(=O)C[C@@](C)(CN=c2ccc(-c3cccc(Cl)c3)cn2C)N=C1N. The fourth-order valence-corrected chi connectivity index (χ4v) is 3.10. The van der Waals surface area contributed by atoms with Gasteiger partial charge in [-0.05, 0) is 42.3 Å². The number of hydrogen-bond donors (Lipinski definition) is 1. The maximum atomic E-state index is 12.0. The zero-order valence-corrected chi connectivity index (χ0v) is 15.9. The van der Waals surface area contributed by atoms with Crippen LogP contribution in [0.5, 0.6) is 0 Å². The molecule has 1 aromatic carbocycles. The van der Waals surface area contributed by atoms with Gasteiger partial charge in [-0.1, -0.05) is 23.7 Å². The van der Waals surface area contributed by atoms with Crippen LogP contribution in [0.4, 0.5) is 0 Å². The van der Waals surface area contributed by atoms with Gasteiger partial charge in [-0.2, -0.15) is 0 Å². The molecule has 0 saturated carbocycles. The summed E-state index contributed by atoms with van der Waals surface area (Å²) in [5, 5.41) is 0.703. The number of pyridine rings is 1. The fraction of sp³-hybridized carbons (Fsp3) is 0.316. The first-order valence-electron chi connectivity index (χ1n) is 8.32. The van der Waals surface area contributed by atoms with Gasteiger partial charge in [-0.15, -0.1) is 0 Å². The molecule has 0 saturated heterocycles. The third kappa shape index (κ3) is 3.80. The van der Waals surface area contributed by atoms with E-state index >= 15 is 0 Å². The van der Waals surface area contributed by atoms with Crippen molar-refractivity contribution in [2.45, 2.75) is 18.9 Å². The summed E-state index contributed by atoms with van der Waals surface area (Å²) >= 11 is 6.07. The van der Waals surface area contributed by atoms with Crippen LogP contribution < -0.4 is 11.2 Å². The van der Waals surface area contributed by atoms with Crippen LogP contribution in [-0.2, 0) is 11.8 Å². The van der Waals surface area contributed by atoms with Gasteiger partial charge < -0.3 is 10.3 Å². The van der Waals surface area contributed by atoms with Crippen LogP contribution in [-0.4, -0.2) is 40.5 Å². The van der Waals surface area contributed by atoms with Crippen LogP contribution in [0.1, 0.15) is 13.3 Å². The quantitative estimate of drug-likeness (QED) is 0.897. The number of aryl methyl sites for hydroxylation is 1. The number of hydrogen-bond acceptors (Lipinski definition) is 4. The molecule has 2 heterocycles. The van der Waals surface area contributed by atoms with E-state index in [0.717, 1.165) is 16.6 Å². The molecule has 1 atom stereocenters. The molecule has 1 aromatic heterocycles. The van der Waals surface area contributed by atoms with Crippen LogP contribution in [0, 0.1) is 0 Å². The molecule has 7 heteroatoms. The average Bonchev–Trinajstić information content (AvgIpc) is 2.58. The lowest BCUT2D eigenvalue weighted by atomic mass is 9.96. The average molecular weight is 372 g/mol. The third-order valence-corrected chi connectivity index (χ3v) is 4.72. The van der Waals surface area contributed by atoms with Crippen LogP contribution >= 0.6 is 11.6 Å². The Bertz CT molecular complexity index is 949. The van der Waals surface area contributed by atoms with Crippen molar-refractivity contribution in [3.8, 4) is 11.1 Å². The van der Waals surface area contributed by atoms with Gasteiger partial charge in [0.15, 0.2) is 5.96 Å². The highest BCUT2D eigenvalue weighted by Crippen LogP contribution is 2.22. The molecule has 2 N–H and O–H groups in total. The molecule has 26 heavy (non-hydrogen) atoms. The summed E-state index contributed by atoms with van der Waals surface area (Å²) in [7, 11) is 3.57. The number of nitrogens with zero attached hydrogens (tertiary/aromatic N) is 4. The standard InChI is InChI=1S/C19H22ClN5O/c1-19(10-17(26)25(3)18(21)23-19)12-22-16-8-7-14(11-24(16)2)13-5-4-6-15(20)9-13/h4-9,11H,10,12H2,1-3H3,(H2,21,23)/t19-/m0/s1. The minimum absolute atomic E-state index is 0.0455. The number of amides is 1. The predicted molar refractivity (Wildman–Crippen MR) is 104 cm³/mol. The molecule has 0 unspecified atom stereocenters. The number of rotatable bonds is 3. The fourth-order valence-electron chi connectivity index (χ4n) is 2.91. The van der Waals surface area contributed by atoms with Gasteiger partial charge in [0.2, 0.25) is 5.91 Å². The summed E-state index contributed by atoms with van der Waals surface area (Å²) in [5.74, 6) is 0.190. The molecule has 3 rings (SSSR count). The Hall–Kier alpha value is -2.60. The normalized spacial score (nSPS) is 21.1. The van der Waals surface area contributed by atoms with Crippen molar-refractivity contribution in [1.29, 1.82) is 0 Å². The van der Waals surface area contributed by atoms with Gasteiger partial charge in [0.05, 0.1) is 18.5 Å². The smallest absolute Gasteiger partial charge is 0.231 e. The van der Waals surface area contributed by atoms with E-state index in [1.165, 1.54) is 4.90 Å². The van der Waals surface area contributed by atoms with E-state index in [2.05, 4.69) is 9.98 Å². The molecule has 0 aliphatic carbocycles. The number of benzene rings is 1. The maximum absolute atomic E-state index is 12.0. The molecule has 0 radical (unpaired) electrons. The van der Waals surface area contributed by atoms with Crippen molar-refractivity contribution in [1.82, 2.24) is 9.47 Å². The number of halogens is 1. The van der Waals surface area contributed by atoms with E-state index < -0.39 is 5.54 Å².